The van der Waals surface area contributed by atoms with E-state index in [0.717, 1.165) is 35.0 Å². The molecule has 3 N–H and O–H groups in total. The summed E-state index contributed by atoms with van der Waals surface area (Å²) in [4.78, 5) is 16.9. The van der Waals surface area contributed by atoms with Crippen LogP contribution in [0.2, 0.25) is 5.02 Å². The van der Waals surface area contributed by atoms with Gasteiger partial charge in [-0.3, -0.25) is 4.79 Å². The van der Waals surface area contributed by atoms with Crippen molar-refractivity contribution in [2.75, 3.05) is 6.61 Å². The first-order valence-corrected chi connectivity index (χ1v) is 12.4. The van der Waals surface area contributed by atoms with Gasteiger partial charge >= 0.3 is 6.18 Å². The number of pyridine rings is 1. The van der Waals surface area contributed by atoms with Gasteiger partial charge in [0.2, 0.25) is 5.91 Å². The summed E-state index contributed by atoms with van der Waals surface area (Å²) in [6, 6.07) is 14.1. The SMILES string of the molecule is Cc1cccn2cc(-c3ccc(CC(CCO)c4c(C(N)=O)ccc(OC(C)C(F)(F)F)c4Cl)cc3)nc12. The van der Waals surface area contributed by atoms with Gasteiger partial charge in [-0.15, -0.1) is 0 Å². The molecule has 200 valence electrons. The number of alkyl halides is 3. The largest absolute Gasteiger partial charge is 0.480 e. The lowest BCUT2D eigenvalue weighted by Gasteiger charge is -2.24. The Hall–Kier alpha value is -3.56. The fourth-order valence-corrected chi connectivity index (χ4v) is 4.79. The van der Waals surface area contributed by atoms with Crippen molar-refractivity contribution in [1.82, 2.24) is 9.38 Å². The van der Waals surface area contributed by atoms with E-state index < -0.39 is 24.1 Å². The topological polar surface area (TPSA) is 89.8 Å². The molecule has 0 bridgehead atoms. The number of nitrogens with two attached hydrogens (primary N) is 1. The number of aryl methyl sites for hydroxylation is 1. The number of rotatable bonds is 9. The number of aliphatic hydroxyl groups is 1. The van der Waals surface area contributed by atoms with Gasteiger partial charge in [-0.2, -0.15) is 13.2 Å². The number of nitrogens with zero attached hydrogens (tertiary/aromatic N) is 2. The van der Waals surface area contributed by atoms with Gasteiger partial charge in [0.05, 0.1) is 10.7 Å². The number of fused-ring (bicyclic) bond motifs is 1. The minimum atomic E-state index is -4.60. The first-order valence-electron chi connectivity index (χ1n) is 12.0. The summed E-state index contributed by atoms with van der Waals surface area (Å²) in [6.45, 7) is 2.63. The highest BCUT2D eigenvalue weighted by Crippen LogP contribution is 2.40. The number of hydrogen-bond donors (Lipinski definition) is 2. The summed E-state index contributed by atoms with van der Waals surface area (Å²) in [5, 5.41) is 9.62. The number of aromatic nitrogens is 2. The molecular weight excluding hydrogens is 519 g/mol. The van der Waals surface area contributed by atoms with Gasteiger partial charge in [-0.1, -0.05) is 41.9 Å². The van der Waals surface area contributed by atoms with Crippen LogP contribution in [0.15, 0.2) is 60.9 Å². The number of aliphatic hydroxyl groups excluding tert-OH is 1. The van der Waals surface area contributed by atoms with Crippen LogP contribution in [0.1, 0.15) is 46.3 Å². The van der Waals surface area contributed by atoms with E-state index >= 15 is 0 Å². The maximum Gasteiger partial charge on any atom is 0.425 e. The summed E-state index contributed by atoms with van der Waals surface area (Å²) in [7, 11) is 0. The van der Waals surface area contributed by atoms with Crippen molar-refractivity contribution in [3.63, 3.8) is 0 Å². The van der Waals surface area contributed by atoms with E-state index in [1.54, 1.807) is 0 Å². The average molecular weight is 546 g/mol. The zero-order valence-electron chi connectivity index (χ0n) is 20.8. The minimum Gasteiger partial charge on any atom is -0.480 e. The van der Waals surface area contributed by atoms with Crippen LogP contribution in [-0.2, 0) is 6.42 Å². The first-order chi connectivity index (χ1) is 18.0. The molecule has 1 amide bonds. The maximum absolute atomic E-state index is 13.1. The van der Waals surface area contributed by atoms with Crippen LogP contribution in [0.3, 0.4) is 0 Å². The normalized spacial score (nSPS) is 13.4. The molecule has 2 atom stereocenters. The zero-order valence-corrected chi connectivity index (χ0v) is 21.6. The molecule has 4 rings (SSSR count). The summed E-state index contributed by atoms with van der Waals surface area (Å²) < 4.78 is 46.3. The highest BCUT2D eigenvalue weighted by Gasteiger charge is 2.38. The Bertz CT molecular complexity index is 1450. The Morgan fingerprint density at radius 3 is 2.50 bits per heavy atom. The molecule has 2 aromatic heterocycles. The smallest absolute Gasteiger partial charge is 0.425 e. The lowest BCUT2D eigenvalue weighted by molar-refractivity contribution is -0.189. The van der Waals surface area contributed by atoms with Crippen molar-refractivity contribution in [1.29, 1.82) is 0 Å². The average Bonchev–Trinajstić information content (AvgIpc) is 3.30. The van der Waals surface area contributed by atoms with Gasteiger partial charge in [0.25, 0.3) is 0 Å². The van der Waals surface area contributed by atoms with Crippen LogP contribution < -0.4 is 10.5 Å². The molecule has 0 aliphatic carbocycles. The standard InChI is InChI=1S/C28H27ClF3N3O3/c1-16-4-3-12-35-15-22(34-27(16)35)19-7-5-18(6-8-19)14-20(11-13-36)24-21(26(33)37)9-10-23(25(24)29)38-17(2)28(30,31)32/h3-10,12,15,17,20,36H,11,13-14H2,1-2H3,(H2,33,37). The Kier molecular flexibility index (Phi) is 7.99. The van der Waals surface area contributed by atoms with Crippen molar-refractivity contribution in [2.45, 2.75) is 44.9 Å². The minimum absolute atomic E-state index is 0.0668. The lowest BCUT2D eigenvalue weighted by atomic mass is 9.86. The fourth-order valence-electron chi connectivity index (χ4n) is 4.43. The molecule has 0 radical (unpaired) electrons. The summed E-state index contributed by atoms with van der Waals surface area (Å²) in [5.41, 5.74) is 10.4. The third kappa shape index (κ3) is 5.79. The predicted octanol–water partition coefficient (Wildman–Crippen LogP) is 6.10. The molecule has 2 unspecified atom stereocenters. The molecule has 0 saturated carbocycles. The van der Waals surface area contributed by atoms with Gasteiger partial charge in [0.1, 0.15) is 11.4 Å². The molecule has 0 aliphatic heterocycles. The second kappa shape index (κ2) is 11.0. The van der Waals surface area contributed by atoms with Crippen LogP contribution >= 0.6 is 11.6 Å². The Morgan fingerprint density at radius 1 is 1.18 bits per heavy atom. The molecule has 10 heteroatoms. The second-order valence-corrected chi connectivity index (χ2v) is 9.54. The molecule has 2 heterocycles. The number of benzene rings is 2. The monoisotopic (exact) mass is 545 g/mol. The van der Waals surface area contributed by atoms with Crippen molar-refractivity contribution in [2.24, 2.45) is 5.73 Å². The molecule has 38 heavy (non-hydrogen) atoms. The van der Waals surface area contributed by atoms with E-state index in [1.165, 1.54) is 12.1 Å². The number of carbonyl (C=O) groups is 1. The highest BCUT2D eigenvalue weighted by molar-refractivity contribution is 6.33. The fraction of sp³-hybridized carbons (Fsp3) is 0.286. The molecule has 6 nitrogen and oxygen atoms in total. The van der Waals surface area contributed by atoms with Crippen LogP contribution in [0.4, 0.5) is 13.2 Å². The summed E-state index contributed by atoms with van der Waals surface area (Å²) in [6.07, 6.45) is -2.29. The van der Waals surface area contributed by atoms with Crippen molar-refractivity contribution in [3.8, 4) is 17.0 Å². The highest BCUT2D eigenvalue weighted by atomic mass is 35.5. The Balaban J connectivity index is 1.65. The first kappa shape index (κ1) is 27.5. The Labute approximate surface area is 222 Å². The third-order valence-electron chi connectivity index (χ3n) is 6.47. The van der Waals surface area contributed by atoms with Gasteiger partial charge in [-0.25, -0.2) is 4.98 Å². The van der Waals surface area contributed by atoms with Crippen LogP contribution in [0.25, 0.3) is 16.9 Å². The lowest BCUT2D eigenvalue weighted by Crippen LogP contribution is -2.31. The van der Waals surface area contributed by atoms with Crippen molar-refractivity contribution < 1.29 is 27.8 Å². The molecule has 0 aliphatic rings. The molecule has 4 aromatic rings. The van der Waals surface area contributed by atoms with Gasteiger partial charge in [0, 0.05) is 30.1 Å². The summed E-state index contributed by atoms with van der Waals surface area (Å²) >= 11 is 6.51. The molecule has 0 fully saturated rings. The Morgan fingerprint density at radius 2 is 1.89 bits per heavy atom. The number of hydrogen-bond acceptors (Lipinski definition) is 4. The van der Waals surface area contributed by atoms with Crippen LogP contribution in [0.5, 0.6) is 5.75 Å². The van der Waals surface area contributed by atoms with E-state index in [4.69, 9.17) is 27.1 Å². The zero-order chi connectivity index (χ0) is 27.6. The van der Waals surface area contributed by atoms with Crippen LogP contribution in [0, 0.1) is 6.92 Å². The van der Waals surface area contributed by atoms with E-state index in [-0.39, 0.29) is 34.9 Å². The van der Waals surface area contributed by atoms with Crippen molar-refractivity contribution in [3.05, 3.63) is 88.2 Å². The maximum atomic E-state index is 13.1. The van der Waals surface area contributed by atoms with Crippen LogP contribution in [-0.4, -0.2) is 39.3 Å². The quantitative estimate of drug-likeness (QED) is 0.266. The van der Waals surface area contributed by atoms with Crippen molar-refractivity contribution >= 4 is 23.2 Å². The number of halogens is 4. The third-order valence-corrected chi connectivity index (χ3v) is 6.86. The van der Waals surface area contributed by atoms with E-state index in [0.29, 0.717) is 6.42 Å². The number of primary amides is 1. The number of ether oxygens (including phenoxy) is 1. The molecular formula is C28H27ClF3N3O3. The van der Waals surface area contributed by atoms with Gasteiger partial charge in [0.15, 0.2) is 6.10 Å². The predicted molar refractivity (Wildman–Crippen MR) is 140 cm³/mol. The molecule has 0 saturated heterocycles. The van der Waals surface area contributed by atoms with E-state index in [1.807, 2.05) is 60.1 Å². The van der Waals surface area contributed by atoms with E-state index in [9.17, 15) is 23.1 Å². The van der Waals surface area contributed by atoms with E-state index in [2.05, 4.69) is 0 Å². The number of amides is 1. The second-order valence-electron chi connectivity index (χ2n) is 9.16. The number of carbonyl (C=O) groups excluding carboxylic acids is 1. The molecule has 2 aromatic carbocycles. The van der Waals surface area contributed by atoms with Gasteiger partial charge in [-0.05, 0) is 67.5 Å². The van der Waals surface area contributed by atoms with Gasteiger partial charge < -0.3 is 20.0 Å². The number of imidazole rings is 1. The molecule has 0 spiro atoms. The summed E-state index contributed by atoms with van der Waals surface area (Å²) in [5.74, 6) is -1.50.